The molecule has 0 spiro atoms. The van der Waals surface area contributed by atoms with Crippen molar-refractivity contribution in [2.75, 3.05) is 40.2 Å². The molecule has 1 N–H and O–H groups in total. The zero-order chi connectivity index (χ0) is 28.4. The van der Waals surface area contributed by atoms with Crippen molar-refractivity contribution in [1.82, 2.24) is 19.8 Å². The van der Waals surface area contributed by atoms with Gasteiger partial charge in [0.15, 0.2) is 0 Å². The van der Waals surface area contributed by atoms with Crippen LogP contribution in [0.15, 0.2) is 49.7 Å². The normalized spacial score (nSPS) is 16.6. The molecule has 1 aliphatic heterocycles. The Morgan fingerprint density at radius 2 is 1.92 bits per heavy atom. The largest absolute Gasteiger partial charge is 0.496 e. The number of amides is 2. The summed E-state index contributed by atoms with van der Waals surface area (Å²) in [6.07, 6.45) is 3.40. The van der Waals surface area contributed by atoms with Gasteiger partial charge in [0, 0.05) is 55.5 Å². The van der Waals surface area contributed by atoms with E-state index in [1.165, 1.54) is 15.9 Å². The van der Waals surface area contributed by atoms with Gasteiger partial charge in [-0.2, -0.15) is 0 Å². The maximum Gasteiger partial charge on any atom is 0.246 e. The van der Waals surface area contributed by atoms with Crippen molar-refractivity contribution in [2.24, 2.45) is 0 Å². The first kappa shape index (κ1) is 27.9. The van der Waals surface area contributed by atoms with Crippen LogP contribution in [0.2, 0.25) is 5.02 Å². The molecular formula is C29H32ClN5O4. The molecule has 39 heavy (non-hydrogen) atoms. The van der Waals surface area contributed by atoms with E-state index in [9.17, 15) is 9.59 Å². The number of fused-ring (bicyclic) bond motifs is 1. The maximum atomic E-state index is 12.7. The first-order valence-electron chi connectivity index (χ1n) is 12.4. The number of benzene rings is 2. The Labute approximate surface area is 233 Å². The van der Waals surface area contributed by atoms with Gasteiger partial charge in [0.1, 0.15) is 17.5 Å². The number of carbonyl (C=O) groups is 2. The van der Waals surface area contributed by atoms with Crippen molar-refractivity contribution in [3.63, 3.8) is 0 Å². The van der Waals surface area contributed by atoms with Crippen molar-refractivity contribution in [1.29, 1.82) is 0 Å². The minimum Gasteiger partial charge on any atom is -0.496 e. The van der Waals surface area contributed by atoms with Gasteiger partial charge in [0.2, 0.25) is 17.8 Å². The van der Waals surface area contributed by atoms with Gasteiger partial charge in [-0.05, 0) is 42.7 Å². The maximum absolute atomic E-state index is 12.7. The van der Waals surface area contributed by atoms with Crippen molar-refractivity contribution < 1.29 is 19.1 Å². The zero-order valence-electron chi connectivity index (χ0n) is 22.7. The molecule has 1 aliphatic rings. The Hall–Kier alpha value is -4.11. The van der Waals surface area contributed by atoms with E-state index in [4.69, 9.17) is 21.1 Å². The van der Waals surface area contributed by atoms with Crippen LogP contribution in [-0.4, -0.2) is 78.5 Å². The topological polar surface area (TPSA) is 96.9 Å². The summed E-state index contributed by atoms with van der Waals surface area (Å²) < 4.78 is 11.1. The van der Waals surface area contributed by atoms with Gasteiger partial charge in [0.25, 0.3) is 0 Å². The first-order chi connectivity index (χ1) is 18.6. The van der Waals surface area contributed by atoms with Crippen molar-refractivity contribution in [2.45, 2.75) is 25.4 Å². The van der Waals surface area contributed by atoms with Crippen molar-refractivity contribution in [3.05, 3.63) is 60.3 Å². The lowest BCUT2D eigenvalue weighted by atomic mass is 9.93. The number of nitrogens with one attached hydrogen (secondary N) is 1. The number of carbonyl (C=O) groups excluding carboxylic acids is 2. The second-order valence-electron chi connectivity index (χ2n) is 9.61. The molecule has 4 rings (SSSR count). The standard InChI is InChI=1S/C29H32ClN5O4/c1-8-24(36)35-15-19(12-21(35)28(37)34(4)5)32-29-31-14-18-11-17(9-10-20(18)33-29)26-25(16(2)3)22(38-6)13-23(39-7)27(26)30/h8-11,13-14,19,21H,1-2,12,15H2,3-7H3,(H,31,32,33)/t19-,21-/m0/s1. The summed E-state index contributed by atoms with van der Waals surface area (Å²) in [6, 6.07) is 6.76. The number of methoxy groups -OCH3 is 2. The molecule has 0 unspecified atom stereocenters. The molecular weight excluding hydrogens is 518 g/mol. The lowest BCUT2D eigenvalue weighted by molar-refractivity contribution is -0.139. The number of allylic oxidation sites excluding steroid dienone is 1. The van der Waals surface area contributed by atoms with Crippen LogP contribution in [0.4, 0.5) is 5.95 Å². The number of rotatable bonds is 8. The summed E-state index contributed by atoms with van der Waals surface area (Å²) in [5.41, 5.74) is 3.90. The van der Waals surface area contributed by atoms with Gasteiger partial charge >= 0.3 is 0 Å². The number of hydrogen-bond donors (Lipinski definition) is 1. The van der Waals surface area contributed by atoms with Crippen LogP contribution in [0, 0.1) is 0 Å². The molecule has 3 aromatic rings. The van der Waals surface area contributed by atoms with E-state index in [-0.39, 0.29) is 17.9 Å². The number of likely N-dealkylation sites (N-methyl/N-ethyl adjacent to an activating group) is 1. The number of hydrogen-bond acceptors (Lipinski definition) is 7. The third-order valence-corrected chi connectivity index (χ3v) is 7.12. The highest BCUT2D eigenvalue weighted by atomic mass is 35.5. The third kappa shape index (κ3) is 5.40. The lowest BCUT2D eigenvalue weighted by Crippen LogP contribution is -2.44. The summed E-state index contributed by atoms with van der Waals surface area (Å²) in [4.78, 5) is 37.3. The molecule has 0 bridgehead atoms. The van der Waals surface area contributed by atoms with Gasteiger partial charge in [-0.25, -0.2) is 9.97 Å². The number of anilines is 1. The SMILES string of the molecule is C=CC(=O)N1C[C@@H](Nc2ncc3cc(-c4c(Cl)c(OC)cc(OC)c4C(=C)C)ccc3n2)C[C@H]1C(=O)N(C)C. The van der Waals surface area contributed by atoms with Crippen LogP contribution < -0.4 is 14.8 Å². The fraction of sp³-hybridized carbons (Fsp3) is 0.310. The minimum atomic E-state index is -0.571. The molecule has 9 nitrogen and oxygen atoms in total. The highest BCUT2D eigenvalue weighted by Crippen LogP contribution is 2.46. The second kappa shape index (κ2) is 11.3. The molecule has 1 fully saturated rings. The van der Waals surface area contributed by atoms with Gasteiger partial charge in [-0.1, -0.05) is 30.8 Å². The quantitative estimate of drug-likeness (QED) is 0.408. The van der Waals surface area contributed by atoms with E-state index in [1.54, 1.807) is 40.6 Å². The van der Waals surface area contributed by atoms with E-state index in [1.807, 2.05) is 25.1 Å². The van der Waals surface area contributed by atoms with Crippen LogP contribution in [-0.2, 0) is 9.59 Å². The summed E-state index contributed by atoms with van der Waals surface area (Å²) in [7, 11) is 6.50. The number of nitrogens with zero attached hydrogens (tertiary/aromatic N) is 4. The van der Waals surface area contributed by atoms with Crippen LogP contribution in [0.5, 0.6) is 11.5 Å². The summed E-state index contributed by atoms with van der Waals surface area (Å²) in [6.45, 7) is 9.93. The van der Waals surface area contributed by atoms with Crippen LogP contribution in [0.3, 0.4) is 0 Å². The minimum absolute atomic E-state index is 0.136. The summed E-state index contributed by atoms with van der Waals surface area (Å²) in [5.74, 6) is 1.10. The van der Waals surface area contributed by atoms with Gasteiger partial charge < -0.3 is 24.6 Å². The Kier molecular flexibility index (Phi) is 8.11. The highest BCUT2D eigenvalue weighted by molar-refractivity contribution is 6.35. The van der Waals surface area contributed by atoms with Crippen LogP contribution in [0.1, 0.15) is 18.9 Å². The van der Waals surface area contributed by atoms with E-state index >= 15 is 0 Å². The van der Waals surface area contributed by atoms with E-state index < -0.39 is 6.04 Å². The van der Waals surface area contributed by atoms with Crippen LogP contribution >= 0.6 is 11.6 Å². The Balaban J connectivity index is 1.66. The second-order valence-corrected chi connectivity index (χ2v) is 9.99. The van der Waals surface area contributed by atoms with E-state index in [0.717, 1.165) is 33.2 Å². The molecule has 204 valence electrons. The molecule has 0 saturated carbocycles. The Morgan fingerprint density at radius 1 is 1.21 bits per heavy atom. The summed E-state index contributed by atoms with van der Waals surface area (Å²) >= 11 is 6.77. The molecule has 2 atom stereocenters. The average Bonchev–Trinajstić information content (AvgIpc) is 3.34. The molecule has 1 aromatic heterocycles. The molecule has 0 aliphatic carbocycles. The molecule has 2 aromatic carbocycles. The number of aromatic nitrogens is 2. The van der Waals surface area contributed by atoms with Crippen molar-refractivity contribution >= 4 is 45.8 Å². The first-order valence-corrected chi connectivity index (χ1v) is 12.8. The third-order valence-electron chi connectivity index (χ3n) is 6.75. The monoisotopic (exact) mass is 549 g/mol. The van der Waals surface area contributed by atoms with Gasteiger partial charge in [-0.15, -0.1) is 0 Å². The van der Waals surface area contributed by atoms with E-state index in [2.05, 4.69) is 28.4 Å². The predicted octanol–water partition coefficient (Wildman–Crippen LogP) is 4.66. The summed E-state index contributed by atoms with van der Waals surface area (Å²) in [5, 5.41) is 4.55. The fourth-order valence-electron chi connectivity index (χ4n) is 4.89. The molecule has 2 heterocycles. The molecule has 10 heteroatoms. The van der Waals surface area contributed by atoms with Gasteiger partial charge in [-0.3, -0.25) is 9.59 Å². The van der Waals surface area contributed by atoms with E-state index in [0.29, 0.717) is 35.4 Å². The Morgan fingerprint density at radius 3 is 2.54 bits per heavy atom. The molecule has 0 radical (unpaired) electrons. The fourth-order valence-corrected chi connectivity index (χ4v) is 5.22. The number of ether oxygens (including phenoxy) is 2. The van der Waals surface area contributed by atoms with Crippen molar-refractivity contribution in [3.8, 4) is 22.6 Å². The predicted molar refractivity (Wildman–Crippen MR) is 154 cm³/mol. The Bertz CT molecular complexity index is 1470. The zero-order valence-corrected chi connectivity index (χ0v) is 23.5. The molecule has 1 saturated heterocycles. The average molecular weight is 550 g/mol. The van der Waals surface area contributed by atoms with Crippen LogP contribution in [0.25, 0.3) is 27.6 Å². The lowest BCUT2D eigenvalue weighted by Gasteiger charge is -2.24. The smallest absolute Gasteiger partial charge is 0.246 e. The van der Waals surface area contributed by atoms with Gasteiger partial charge in [0.05, 0.1) is 24.8 Å². The number of likely N-dealkylation sites (tertiary alicyclic amines) is 1. The number of halogens is 1. The molecule has 2 amide bonds. The highest BCUT2D eigenvalue weighted by Gasteiger charge is 2.39.